The maximum Gasteiger partial charge on any atom is 0.330 e. The second-order valence-corrected chi connectivity index (χ2v) is 11.9. The van der Waals surface area contributed by atoms with E-state index >= 15 is 0 Å². The molecule has 0 spiro atoms. The van der Waals surface area contributed by atoms with E-state index in [-0.39, 0.29) is 78.0 Å². The van der Waals surface area contributed by atoms with Crippen LogP contribution < -0.4 is 0 Å². The van der Waals surface area contributed by atoms with Crippen LogP contribution in [0.5, 0.6) is 0 Å². The minimum atomic E-state index is -1.85. The molecule has 0 fully saturated rings. The van der Waals surface area contributed by atoms with E-state index in [1.807, 2.05) is 0 Å². The maximum absolute atomic E-state index is 13.1. The minimum absolute atomic E-state index is 0.0511. The monoisotopic (exact) mass is 726 g/mol. The average molecular weight is 727 g/mol. The number of carbonyl (C=O) groups is 7. The van der Waals surface area contributed by atoms with Gasteiger partial charge in [-0.15, -0.1) is 0 Å². The maximum atomic E-state index is 13.1. The van der Waals surface area contributed by atoms with Gasteiger partial charge in [0, 0.05) is 31.1 Å². The Hall–Kier alpha value is -4.37. The fourth-order valence-corrected chi connectivity index (χ4v) is 4.29. The Morgan fingerprint density at radius 1 is 0.608 bits per heavy atom. The molecule has 0 heterocycles. The fourth-order valence-electron chi connectivity index (χ4n) is 4.29. The number of Topliss-reactive ketones (excluding diaryl/α,β-unsaturated/α-hetero) is 1. The molecule has 0 bridgehead atoms. The summed E-state index contributed by atoms with van der Waals surface area (Å²) in [6, 6.07) is 0. The summed E-state index contributed by atoms with van der Waals surface area (Å²) < 4.78 is 42.5. The van der Waals surface area contributed by atoms with Crippen molar-refractivity contribution < 1.29 is 71.5 Å². The van der Waals surface area contributed by atoms with Crippen LogP contribution in [-0.2, 0) is 71.5 Å². The van der Waals surface area contributed by atoms with Crippen molar-refractivity contribution in [1.29, 1.82) is 0 Å². The highest BCUT2D eigenvalue weighted by molar-refractivity contribution is 6.03. The summed E-state index contributed by atoms with van der Waals surface area (Å²) in [5.74, 6) is -5.03. The molecule has 0 amide bonds. The summed E-state index contributed by atoms with van der Waals surface area (Å²) in [5, 5.41) is 0. The lowest BCUT2D eigenvalue weighted by molar-refractivity contribution is -0.163. The Balaban J connectivity index is 5.33. The van der Waals surface area contributed by atoms with Gasteiger partial charge in [0.25, 0.3) is 0 Å². The molecular formula is C36H54O15. The topological polar surface area (TPSA) is 193 Å². The summed E-state index contributed by atoms with van der Waals surface area (Å²) in [5.41, 5.74) is -2.96. The van der Waals surface area contributed by atoms with Crippen LogP contribution in [0.25, 0.3) is 0 Å². The van der Waals surface area contributed by atoms with Crippen molar-refractivity contribution in [3.8, 4) is 0 Å². The quantitative estimate of drug-likeness (QED) is 0.0491. The van der Waals surface area contributed by atoms with E-state index in [2.05, 4.69) is 19.7 Å². The van der Waals surface area contributed by atoms with Crippen molar-refractivity contribution in [2.45, 2.75) is 92.0 Å². The van der Waals surface area contributed by atoms with E-state index < -0.39 is 71.1 Å². The van der Waals surface area contributed by atoms with Crippen LogP contribution in [0.15, 0.2) is 38.0 Å². The summed E-state index contributed by atoms with van der Waals surface area (Å²) in [4.78, 5) is 86.3. The van der Waals surface area contributed by atoms with Gasteiger partial charge in [-0.3, -0.25) is 19.2 Å². The predicted molar refractivity (Wildman–Crippen MR) is 182 cm³/mol. The lowest BCUT2D eigenvalue weighted by Gasteiger charge is -2.31. The molecule has 0 aliphatic rings. The zero-order chi connectivity index (χ0) is 39.0. The molecule has 0 rings (SSSR count). The molecule has 4 unspecified atom stereocenters. The molecule has 0 N–H and O–H groups in total. The number of rotatable bonds is 28. The summed E-state index contributed by atoms with van der Waals surface area (Å²) >= 11 is 0. The Morgan fingerprint density at radius 2 is 1.06 bits per heavy atom. The molecule has 0 saturated carbocycles. The molecule has 0 aromatic rings. The fraction of sp³-hybridized carbons (Fsp3) is 0.639. The molecule has 0 radical (unpaired) electrons. The van der Waals surface area contributed by atoms with Crippen LogP contribution in [-0.4, -0.2) is 106 Å². The largest absolute Gasteiger partial charge is 0.465 e. The minimum Gasteiger partial charge on any atom is -0.465 e. The third-order valence-electron chi connectivity index (χ3n) is 7.71. The van der Waals surface area contributed by atoms with Gasteiger partial charge in [0.05, 0.1) is 37.4 Å². The van der Waals surface area contributed by atoms with Crippen molar-refractivity contribution in [2.24, 2.45) is 10.8 Å². The number of esters is 6. The molecule has 51 heavy (non-hydrogen) atoms. The van der Waals surface area contributed by atoms with E-state index in [1.165, 1.54) is 6.92 Å². The summed E-state index contributed by atoms with van der Waals surface area (Å²) in [6.07, 6.45) is 0.493. The summed E-state index contributed by atoms with van der Waals surface area (Å²) in [7, 11) is 0. The average Bonchev–Trinajstić information content (AvgIpc) is 3.11. The molecule has 15 nitrogen and oxygen atoms in total. The lowest BCUT2D eigenvalue weighted by atomic mass is 9.75. The van der Waals surface area contributed by atoms with E-state index in [4.69, 9.17) is 37.9 Å². The van der Waals surface area contributed by atoms with Gasteiger partial charge in [0.15, 0.2) is 0 Å². The number of hydrogen-bond acceptors (Lipinski definition) is 15. The second-order valence-electron chi connectivity index (χ2n) is 11.9. The zero-order valence-electron chi connectivity index (χ0n) is 30.7. The normalized spacial score (nSPS) is 13.9. The third kappa shape index (κ3) is 18.4. The molecule has 288 valence electrons. The number of ether oxygens (including phenoxy) is 8. The first-order valence-electron chi connectivity index (χ1n) is 16.7. The number of ketones is 1. The van der Waals surface area contributed by atoms with Gasteiger partial charge in [-0.25, -0.2) is 14.4 Å². The van der Waals surface area contributed by atoms with Gasteiger partial charge in [-0.05, 0) is 53.9 Å². The van der Waals surface area contributed by atoms with Gasteiger partial charge >= 0.3 is 35.8 Å². The molecule has 0 aromatic carbocycles. The molecule has 4 atom stereocenters. The van der Waals surface area contributed by atoms with Gasteiger partial charge in [-0.1, -0.05) is 26.7 Å². The van der Waals surface area contributed by atoms with Crippen LogP contribution >= 0.6 is 0 Å². The van der Waals surface area contributed by atoms with Crippen molar-refractivity contribution in [1.82, 2.24) is 0 Å². The standard InChI is InChI=1S/C36H54O15/c1-10-29(38)48-22-35(13-4,23-49-30(39)11-2)24-50-33(42)16-18-36(28(9)37,34(43)44-14-5)17-15-32(41)47-20-26(7)45-19-25(6)46-21-27(8)51-31(40)12-3/h10-12,25-27H,1-3,13-24H2,4-9H3. The van der Waals surface area contributed by atoms with Crippen molar-refractivity contribution in [3.05, 3.63) is 38.0 Å². The van der Waals surface area contributed by atoms with Crippen LogP contribution in [0.3, 0.4) is 0 Å². The SMILES string of the molecule is C=CC(=O)OCC(CC)(COC(=O)C=C)COC(=O)CCC(CCC(=O)OCC(C)OCC(C)OCC(C)OC(=O)C=C)(C(C)=O)C(=O)OCC. The van der Waals surface area contributed by atoms with E-state index in [0.29, 0.717) is 0 Å². The Bertz CT molecular complexity index is 1180. The number of carbonyl (C=O) groups excluding carboxylic acids is 7. The molecule has 0 aliphatic heterocycles. The van der Waals surface area contributed by atoms with Crippen molar-refractivity contribution in [2.75, 3.05) is 46.2 Å². The molecule has 0 aliphatic carbocycles. The first-order valence-corrected chi connectivity index (χ1v) is 16.7. The Morgan fingerprint density at radius 3 is 1.51 bits per heavy atom. The highest BCUT2D eigenvalue weighted by Crippen LogP contribution is 2.34. The number of hydrogen-bond donors (Lipinski definition) is 0. The highest BCUT2D eigenvalue weighted by Gasteiger charge is 2.45. The van der Waals surface area contributed by atoms with Crippen molar-refractivity contribution in [3.63, 3.8) is 0 Å². The van der Waals surface area contributed by atoms with Gasteiger partial charge in [0.1, 0.15) is 43.7 Å². The predicted octanol–water partition coefficient (Wildman–Crippen LogP) is 3.55. The first kappa shape index (κ1) is 46.6. The van der Waals surface area contributed by atoms with Crippen molar-refractivity contribution >= 4 is 41.6 Å². The molecule has 15 heteroatoms. The Kier molecular flexibility index (Phi) is 22.6. The van der Waals surface area contributed by atoms with Gasteiger partial charge in [-0.2, -0.15) is 0 Å². The van der Waals surface area contributed by atoms with E-state index in [9.17, 15) is 33.6 Å². The molecule has 0 aromatic heterocycles. The van der Waals surface area contributed by atoms with E-state index in [0.717, 1.165) is 18.2 Å². The van der Waals surface area contributed by atoms with Crippen LogP contribution in [0.1, 0.15) is 73.6 Å². The summed E-state index contributed by atoms with van der Waals surface area (Å²) in [6.45, 7) is 18.8. The third-order valence-corrected chi connectivity index (χ3v) is 7.71. The smallest absolute Gasteiger partial charge is 0.330 e. The lowest BCUT2D eigenvalue weighted by Crippen LogP contribution is -2.41. The van der Waals surface area contributed by atoms with Gasteiger partial charge < -0.3 is 37.9 Å². The molecular weight excluding hydrogens is 672 g/mol. The van der Waals surface area contributed by atoms with Crippen LogP contribution in [0.2, 0.25) is 0 Å². The zero-order valence-corrected chi connectivity index (χ0v) is 30.7. The molecule has 0 saturated heterocycles. The van der Waals surface area contributed by atoms with Crippen LogP contribution in [0.4, 0.5) is 0 Å². The first-order chi connectivity index (χ1) is 24.0. The highest BCUT2D eigenvalue weighted by atomic mass is 16.6. The van der Waals surface area contributed by atoms with E-state index in [1.54, 1.807) is 34.6 Å². The second kappa shape index (κ2) is 24.7. The Labute approximate surface area is 299 Å². The van der Waals surface area contributed by atoms with Gasteiger partial charge in [0.2, 0.25) is 0 Å². The van der Waals surface area contributed by atoms with Crippen LogP contribution in [0, 0.1) is 10.8 Å².